The highest BCUT2D eigenvalue weighted by molar-refractivity contribution is 5.46. The van der Waals surface area contributed by atoms with E-state index < -0.39 is 0 Å². The first-order valence-electron chi connectivity index (χ1n) is 4.93. The lowest BCUT2D eigenvalue weighted by Crippen LogP contribution is -1.93. The molecule has 4 nitrogen and oxygen atoms in total. The Morgan fingerprint density at radius 2 is 2.00 bits per heavy atom. The van der Waals surface area contributed by atoms with Crippen molar-refractivity contribution in [2.75, 3.05) is 0 Å². The number of ether oxygens (including phenoxy) is 1. The molecule has 2 rings (SSSR count). The van der Waals surface area contributed by atoms with Crippen LogP contribution in [0.3, 0.4) is 0 Å². The zero-order chi connectivity index (χ0) is 11.5. The van der Waals surface area contributed by atoms with Gasteiger partial charge in [0.25, 0.3) is 0 Å². The molecule has 0 aliphatic carbocycles. The van der Waals surface area contributed by atoms with Gasteiger partial charge in [-0.25, -0.2) is 9.97 Å². The van der Waals surface area contributed by atoms with E-state index in [1.807, 2.05) is 13.8 Å². The second-order valence-corrected chi connectivity index (χ2v) is 3.55. The lowest BCUT2D eigenvalue weighted by molar-refractivity contribution is 0.469. The number of aryl methyl sites for hydroxylation is 2. The number of hydrogen-bond acceptors (Lipinski definition) is 3. The van der Waals surface area contributed by atoms with Gasteiger partial charge in [0, 0.05) is 0 Å². The summed E-state index contributed by atoms with van der Waals surface area (Å²) in [5.74, 6) is 1.37. The summed E-state index contributed by atoms with van der Waals surface area (Å²) in [4.78, 5) is 7.97. The molecule has 1 heterocycles. The van der Waals surface area contributed by atoms with E-state index >= 15 is 0 Å². The minimum atomic E-state index is 0.478. The minimum Gasteiger partial charge on any atom is -0.454 e. The molecular weight excluding hydrogens is 202 g/mol. The molecule has 1 aromatic carbocycles. The van der Waals surface area contributed by atoms with Crippen molar-refractivity contribution in [1.82, 2.24) is 15.7 Å². The Morgan fingerprint density at radius 3 is 2.69 bits per heavy atom. The van der Waals surface area contributed by atoms with Crippen molar-refractivity contribution in [3.05, 3.63) is 42.0 Å². The highest BCUT2D eigenvalue weighted by atomic mass is 16.5. The summed E-state index contributed by atoms with van der Waals surface area (Å²) in [7, 11) is 0. The van der Waals surface area contributed by atoms with Crippen LogP contribution in [0.2, 0.25) is 0 Å². The van der Waals surface area contributed by atoms with Crippen LogP contribution in [0.15, 0.2) is 30.7 Å². The number of nitrogens with one attached hydrogen (secondary N) is 1. The molecule has 0 fully saturated rings. The smallest absolute Gasteiger partial charge is 0.166 e. The van der Waals surface area contributed by atoms with Crippen LogP contribution >= 0.6 is 0 Å². The van der Waals surface area contributed by atoms with E-state index in [-0.39, 0.29) is 0 Å². The molecule has 0 saturated heterocycles. The second-order valence-electron chi connectivity index (χ2n) is 3.55. The molecule has 1 aromatic heterocycles. The van der Waals surface area contributed by atoms with Crippen LogP contribution in [-0.2, 0) is 0 Å². The zero-order valence-corrected chi connectivity index (χ0v) is 9.19. The van der Waals surface area contributed by atoms with Gasteiger partial charge in [0.05, 0.1) is 17.6 Å². The summed E-state index contributed by atoms with van der Waals surface area (Å²) in [6.45, 7) is 3.78. The van der Waals surface area contributed by atoms with Crippen LogP contribution in [0.4, 0.5) is 5.69 Å². The average Bonchev–Trinajstić information content (AvgIpc) is 2.25. The van der Waals surface area contributed by atoms with Crippen molar-refractivity contribution in [1.29, 1.82) is 0 Å². The highest BCUT2D eigenvalue weighted by Gasteiger charge is 2.05. The van der Waals surface area contributed by atoms with Crippen molar-refractivity contribution in [3.8, 4) is 11.5 Å². The summed E-state index contributed by atoms with van der Waals surface area (Å²) in [5, 5.41) is 0. The Bertz CT molecular complexity index is 511. The Balaban J connectivity index is 2.31. The predicted molar refractivity (Wildman–Crippen MR) is 60.8 cm³/mol. The lowest BCUT2D eigenvalue weighted by atomic mass is 10.2. The van der Waals surface area contributed by atoms with Gasteiger partial charge in [-0.1, -0.05) is 0 Å². The average molecular weight is 214 g/mol. The third-order valence-corrected chi connectivity index (χ3v) is 2.26. The first kappa shape index (κ1) is 10.4. The molecule has 0 amide bonds. The van der Waals surface area contributed by atoms with Gasteiger partial charge in [-0.3, -0.25) is 0 Å². The second kappa shape index (κ2) is 4.18. The normalized spacial score (nSPS) is 10.1. The molecular formula is C12H12N3O. The molecule has 81 valence electrons. The predicted octanol–water partition coefficient (Wildman–Crippen LogP) is 2.80. The molecule has 2 aromatic rings. The minimum absolute atomic E-state index is 0.478. The van der Waals surface area contributed by atoms with E-state index in [0.717, 1.165) is 17.0 Å². The van der Waals surface area contributed by atoms with Crippen LogP contribution < -0.4 is 10.5 Å². The Morgan fingerprint density at radius 1 is 1.19 bits per heavy atom. The van der Waals surface area contributed by atoms with Gasteiger partial charge in [-0.2, -0.15) is 0 Å². The standard InChI is InChI=1S/C12H12N3O/c1-8-5-10(13)3-4-11(8)16-12-6-14-7-15-9(12)2/h3-7,13H,1-2H3. The van der Waals surface area contributed by atoms with Gasteiger partial charge in [-0.15, -0.1) is 0 Å². The maximum absolute atomic E-state index is 7.47. The summed E-state index contributed by atoms with van der Waals surface area (Å²) in [5.41, 5.74) is 9.67. The molecule has 0 aliphatic rings. The number of hydrogen-bond donors (Lipinski definition) is 0. The molecule has 0 saturated carbocycles. The number of rotatable bonds is 2. The quantitative estimate of drug-likeness (QED) is 0.772. The first-order chi connectivity index (χ1) is 7.66. The van der Waals surface area contributed by atoms with E-state index in [9.17, 15) is 0 Å². The van der Waals surface area contributed by atoms with Crippen molar-refractivity contribution >= 4 is 5.69 Å². The van der Waals surface area contributed by atoms with Crippen molar-refractivity contribution in [2.24, 2.45) is 0 Å². The molecule has 1 N–H and O–H groups in total. The Hall–Kier alpha value is -2.10. The van der Waals surface area contributed by atoms with Crippen LogP contribution in [0, 0.1) is 13.8 Å². The first-order valence-corrected chi connectivity index (χ1v) is 4.93. The molecule has 0 unspecified atom stereocenters. The van der Waals surface area contributed by atoms with Gasteiger partial charge in [0.15, 0.2) is 5.75 Å². The van der Waals surface area contributed by atoms with Crippen LogP contribution in [-0.4, -0.2) is 9.97 Å². The maximum atomic E-state index is 7.47. The van der Waals surface area contributed by atoms with Crippen molar-refractivity contribution < 1.29 is 4.74 Å². The molecule has 4 heteroatoms. The lowest BCUT2D eigenvalue weighted by Gasteiger charge is -2.09. The Kier molecular flexibility index (Phi) is 2.72. The summed E-state index contributed by atoms with van der Waals surface area (Å²) in [6.07, 6.45) is 3.12. The molecule has 16 heavy (non-hydrogen) atoms. The Labute approximate surface area is 94.1 Å². The monoisotopic (exact) mass is 214 g/mol. The third kappa shape index (κ3) is 2.11. The maximum Gasteiger partial charge on any atom is 0.166 e. The number of nitrogens with zero attached hydrogens (tertiary/aromatic N) is 2. The number of benzene rings is 1. The van der Waals surface area contributed by atoms with Crippen LogP contribution in [0.5, 0.6) is 11.5 Å². The van der Waals surface area contributed by atoms with E-state index in [2.05, 4.69) is 9.97 Å². The molecule has 1 radical (unpaired) electrons. The van der Waals surface area contributed by atoms with Crippen LogP contribution in [0.1, 0.15) is 11.3 Å². The van der Waals surface area contributed by atoms with Gasteiger partial charge < -0.3 is 10.5 Å². The van der Waals surface area contributed by atoms with E-state index in [1.54, 1.807) is 24.4 Å². The fourth-order valence-corrected chi connectivity index (χ4v) is 1.36. The molecule has 0 spiro atoms. The summed E-state index contributed by atoms with van der Waals surface area (Å²) >= 11 is 0. The molecule has 0 aliphatic heterocycles. The molecule has 0 atom stereocenters. The zero-order valence-electron chi connectivity index (χ0n) is 9.19. The fraction of sp³-hybridized carbons (Fsp3) is 0.167. The summed E-state index contributed by atoms with van der Waals surface area (Å²) < 4.78 is 5.69. The van der Waals surface area contributed by atoms with Gasteiger partial charge in [0.2, 0.25) is 0 Å². The van der Waals surface area contributed by atoms with Crippen LogP contribution in [0.25, 0.3) is 0 Å². The van der Waals surface area contributed by atoms with Crippen molar-refractivity contribution in [2.45, 2.75) is 13.8 Å². The van der Waals surface area contributed by atoms with E-state index in [4.69, 9.17) is 10.5 Å². The number of aromatic nitrogens is 2. The van der Waals surface area contributed by atoms with Crippen molar-refractivity contribution in [3.63, 3.8) is 0 Å². The van der Waals surface area contributed by atoms with Gasteiger partial charge in [-0.05, 0) is 37.6 Å². The highest BCUT2D eigenvalue weighted by Crippen LogP contribution is 2.27. The van der Waals surface area contributed by atoms with Gasteiger partial charge in [0.1, 0.15) is 12.1 Å². The third-order valence-electron chi connectivity index (χ3n) is 2.26. The SMILES string of the molecule is Cc1cc([NH])ccc1Oc1cncnc1C. The fourth-order valence-electron chi connectivity index (χ4n) is 1.36. The largest absolute Gasteiger partial charge is 0.454 e. The summed E-state index contributed by atoms with van der Waals surface area (Å²) in [6, 6.07) is 5.24. The van der Waals surface area contributed by atoms with E-state index in [1.165, 1.54) is 6.33 Å². The molecule has 0 bridgehead atoms. The topological polar surface area (TPSA) is 58.8 Å². The van der Waals surface area contributed by atoms with Gasteiger partial charge >= 0.3 is 0 Å². The van der Waals surface area contributed by atoms with E-state index in [0.29, 0.717) is 11.4 Å².